The van der Waals surface area contributed by atoms with Gasteiger partial charge >= 0.3 is 0 Å². The van der Waals surface area contributed by atoms with Gasteiger partial charge in [-0.15, -0.1) is 0 Å². The lowest BCUT2D eigenvalue weighted by molar-refractivity contribution is -0.120. The van der Waals surface area contributed by atoms with Crippen molar-refractivity contribution in [2.24, 2.45) is 0 Å². The number of methoxy groups -OCH3 is 1. The van der Waals surface area contributed by atoms with E-state index in [1.807, 2.05) is 6.07 Å². The SMILES string of the molecule is COc1cccc(C(=O)NCC(=O)NCCN2CCN(Cc3ccccc3)CC2)c1. The highest BCUT2D eigenvalue weighted by Gasteiger charge is 2.17. The van der Waals surface area contributed by atoms with Crippen LogP contribution in [-0.4, -0.2) is 74.5 Å². The van der Waals surface area contributed by atoms with Crippen LogP contribution in [0.1, 0.15) is 15.9 Å². The van der Waals surface area contributed by atoms with Gasteiger partial charge in [0.15, 0.2) is 0 Å². The van der Waals surface area contributed by atoms with Gasteiger partial charge in [-0.1, -0.05) is 36.4 Å². The minimum Gasteiger partial charge on any atom is -0.497 e. The second kappa shape index (κ2) is 11.3. The molecule has 2 N–H and O–H groups in total. The molecule has 0 bridgehead atoms. The van der Waals surface area contributed by atoms with Crippen molar-refractivity contribution >= 4 is 11.8 Å². The predicted octanol–water partition coefficient (Wildman–Crippen LogP) is 1.36. The molecule has 7 heteroatoms. The van der Waals surface area contributed by atoms with Crippen LogP contribution in [0, 0.1) is 0 Å². The van der Waals surface area contributed by atoms with Gasteiger partial charge in [0.1, 0.15) is 5.75 Å². The molecular weight excluding hydrogens is 380 g/mol. The van der Waals surface area contributed by atoms with Crippen LogP contribution in [0.15, 0.2) is 54.6 Å². The van der Waals surface area contributed by atoms with E-state index >= 15 is 0 Å². The van der Waals surface area contributed by atoms with Gasteiger partial charge in [0.2, 0.25) is 5.91 Å². The second-order valence-electron chi connectivity index (χ2n) is 7.37. The van der Waals surface area contributed by atoms with E-state index in [-0.39, 0.29) is 18.4 Å². The number of amides is 2. The van der Waals surface area contributed by atoms with E-state index in [1.54, 1.807) is 31.4 Å². The average molecular weight is 411 g/mol. The Hall–Kier alpha value is -2.90. The topological polar surface area (TPSA) is 73.9 Å². The van der Waals surface area contributed by atoms with Gasteiger partial charge in [-0.25, -0.2) is 0 Å². The van der Waals surface area contributed by atoms with E-state index in [2.05, 4.69) is 44.7 Å². The predicted molar refractivity (Wildman–Crippen MR) is 116 cm³/mol. The molecule has 1 aliphatic heterocycles. The summed E-state index contributed by atoms with van der Waals surface area (Å²) in [5.41, 5.74) is 1.81. The Morgan fingerprint density at radius 3 is 2.40 bits per heavy atom. The largest absolute Gasteiger partial charge is 0.497 e. The summed E-state index contributed by atoms with van der Waals surface area (Å²) >= 11 is 0. The monoisotopic (exact) mass is 410 g/mol. The van der Waals surface area contributed by atoms with Crippen molar-refractivity contribution in [2.45, 2.75) is 6.54 Å². The maximum Gasteiger partial charge on any atom is 0.251 e. The molecule has 1 saturated heterocycles. The minimum atomic E-state index is -0.293. The highest BCUT2D eigenvalue weighted by atomic mass is 16.5. The van der Waals surface area contributed by atoms with Crippen LogP contribution in [0.3, 0.4) is 0 Å². The Kier molecular flexibility index (Phi) is 8.23. The Morgan fingerprint density at radius 1 is 0.933 bits per heavy atom. The molecule has 7 nitrogen and oxygen atoms in total. The zero-order valence-electron chi connectivity index (χ0n) is 17.5. The molecule has 0 unspecified atom stereocenters. The molecule has 160 valence electrons. The van der Waals surface area contributed by atoms with E-state index in [0.29, 0.717) is 17.9 Å². The third kappa shape index (κ3) is 6.86. The number of carbonyl (C=O) groups excluding carboxylic acids is 2. The number of ether oxygens (including phenoxy) is 1. The number of nitrogens with zero attached hydrogens (tertiary/aromatic N) is 2. The summed E-state index contributed by atoms with van der Waals surface area (Å²) in [6.07, 6.45) is 0. The highest BCUT2D eigenvalue weighted by molar-refractivity contribution is 5.96. The van der Waals surface area contributed by atoms with E-state index in [0.717, 1.165) is 39.3 Å². The molecule has 0 radical (unpaired) electrons. The number of benzene rings is 2. The lowest BCUT2D eigenvalue weighted by Gasteiger charge is -2.34. The van der Waals surface area contributed by atoms with Gasteiger partial charge in [0.05, 0.1) is 13.7 Å². The van der Waals surface area contributed by atoms with E-state index in [4.69, 9.17) is 4.74 Å². The van der Waals surface area contributed by atoms with Crippen molar-refractivity contribution in [2.75, 3.05) is 52.9 Å². The Labute approximate surface area is 178 Å². The standard InChI is InChI=1S/C23H30N4O3/c1-30-21-9-5-8-20(16-21)23(29)25-17-22(28)24-10-11-26-12-14-27(15-13-26)18-19-6-3-2-4-7-19/h2-9,16H,10-15,17-18H2,1H3,(H,24,28)(H,25,29). The zero-order valence-corrected chi connectivity index (χ0v) is 17.5. The van der Waals surface area contributed by atoms with Crippen LogP contribution in [0.5, 0.6) is 5.75 Å². The van der Waals surface area contributed by atoms with E-state index in [1.165, 1.54) is 5.56 Å². The molecule has 0 aromatic heterocycles. The van der Waals surface area contributed by atoms with Crippen molar-refractivity contribution in [3.8, 4) is 5.75 Å². The van der Waals surface area contributed by atoms with Gasteiger partial charge in [-0.3, -0.25) is 19.4 Å². The summed E-state index contributed by atoms with van der Waals surface area (Å²) in [6.45, 7) is 6.38. The van der Waals surface area contributed by atoms with Crippen molar-refractivity contribution in [3.05, 3.63) is 65.7 Å². The van der Waals surface area contributed by atoms with Crippen LogP contribution in [0.25, 0.3) is 0 Å². The van der Waals surface area contributed by atoms with Crippen molar-refractivity contribution < 1.29 is 14.3 Å². The van der Waals surface area contributed by atoms with Crippen LogP contribution in [-0.2, 0) is 11.3 Å². The van der Waals surface area contributed by atoms with Crippen molar-refractivity contribution in [1.82, 2.24) is 20.4 Å². The molecule has 3 rings (SSSR count). The second-order valence-corrected chi connectivity index (χ2v) is 7.37. The summed E-state index contributed by atoms with van der Waals surface area (Å²) < 4.78 is 5.11. The number of hydrogen-bond donors (Lipinski definition) is 2. The van der Waals surface area contributed by atoms with Crippen LogP contribution in [0.2, 0.25) is 0 Å². The van der Waals surface area contributed by atoms with Crippen LogP contribution < -0.4 is 15.4 Å². The third-order valence-electron chi connectivity index (χ3n) is 5.21. The Morgan fingerprint density at radius 2 is 1.67 bits per heavy atom. The molecular formula is C23H30N4O3. The summed E-state index contributed by atoms with van der Waals surface area (Å²) in [5, 5.41) is 5.52. The Balaban J connectivity index is 1.29. The van der Waals surface area contributed by atoms with E-state index < -0.39 is 0 Å². The number of hydrogen-bond acceptors (Lipinski definition) is 5. The molecule has 0 atom stereocenters. The number of rotatable bonds is 9. The summed E-state index contributed by atoms with van der Waals surface area (Å²) in [5.74, 6) is 0.128. The molecule has 1 aliphatic rings. The van der Waals surface area contributed by atoms with Gasteiger partial charge < -0.3 is 15.4 Å². The fraction of sp³-hybridized carbons (Fsp3) is 0.391. The lowest BCUT2D eigenvalue weighted by Crippen LogP contribution is -2.48. The molecule has 1 heterocycles. The van der Waals surface area contributed by atoms with Crippen LogP contribution in [0.4, 0.5) is 0 Å². The molecule has 0 saturated carbocycles. The molecule has 2 aromatic carbocycles. The Bertz CT molecular complexity index is 820. The molecule has 2 amide bonds. The quantitative estimate of drug-likeness (QED) is 0.653. The van der Waals surface area contributed by atoms with Gasteiger partial charge in [0, 0.05) is 51.4 Å². The van der Waals surface area contributed by atoms with Gasteiger partial charge in [-0.2, -0.15) is 0 Å². The number of carbonyl (C=O) groups is 2. The molecule has 2 aromatic rings. The van der Waals surface area contributed by atoms with Crippen molar-refractivity contribution in [3.63, 3.8) is 0 Å². The summed E-state index contributed by atoms with van der Waals surface area (Å²) in [7, 11) is 1.55. The number of piperazine rings is 1. The van der Waals surface area contributed by atoms with Crippen LogP contribution >= 0.6 is 0 Å². The van der Waals surface area contributed by atoms with Gasteiger partial charge in [0.25, 0.3) is 5.91 Å². The average Bonchev–Trinajstić information content (AvgIpc) is 2.79. The first-order valence-corrected chi connectivity index (χ1v) is 10.3. The van der Waals surface area contributed by atoms with Crippen molar-refractivity contribution in [1.29, 1.82) is 0 Å². The maximum absolute atomic E-state index is 12.1. The molecule has 0 spiro atoms. The fourth-order valence-electron chi connectivity index (χ4n) is 3.46. The first kappa shape index (κ1) is 21.8. The summed E-state index contributed by atoms with van der Waals surface area (Å²) in [6, 6.07) is 17.4. The normalized spacial score (nSPS) is 14.8. The third-order valence-corrected chi connectivity index (χ3v) is 5.21. The first-order valence-electron chi connectivity index (χ1n) is 10.3. The number of nitrogens with one attached hydrogen (secondary N) is 2. The smallest absolute Gasteiger partial charge is 0.251 e. The fourth-order valence-corrected chi connectivity index (χ4v) is 3.46. The van der Waals surface area contributed by atoms with Gasteiger partial charge in [-0.05, 0) is 23.8 Å². The lowest BCUT2D eigenvalue weighted by atomic mass is 10.2. The minimum absolute atomic E-state index is 0.0408. The maximum atomic E-state index is 12.1. The summed E-state index contributed by atoms with van der Waals surface area (Å²) in [4.78, 5) is 29.0. The molecule has 30 heavy (non-hydrogen) atoms. The zero-order chi connectivity index (χ0) is 21.2. The first-order chi connectivity index (χ1) is 14.6. The highest BCUT2D eigenvalue weighted by Crippen LogP contribution is 2.12. The molecule has 1 fully saturated rings. The molecule has 0 aliphatic carbocycles. The van der Waals surface area contributed by atoms with E-state index in [9.17, 15) is 9.59 Å².